The monoisotopic (exact) mass is 278 g/mol. The molecule has 0 saturated heterocycles. The van der Waals surface area contributed by atoms with Crippen molar-refractivity contribution in [2.24, 2.45) is 5.92 Å². The predicted molar refractivity (Wildman–Crippen MR) is 87.3 cm³/mol. The fourth-order valence-corrected chi connectivity index (χ4v) is 2.23. The Morgan fingerprint density at radius 1 is 1.05 bits per heavy atom. The van der Waals surface area contributed by atoms with E-state index in [1.54, 1.807) is 0 Å². The lowest BCUT2D eigenvalue weighted by molar-refractivity contribution is 0.173. The molecule has 0 spiro atoms. The summed E-state index contributed by atoms with van der Waals surface area (Å²) in [7, 11) is 4.21. The van der Waals surface area contributed by atoms with Crippen LogP contribution in [0.2, 0.25) is 0 Å². The van der Waals surface area contributed by atoms with Gasteiger partial charge in [-0.25, -0.2) is 0 Å². The van der Waals surface area contributed by atoms with E-state index in [4.69, 9.17) is 0 Å². The lowest BCUT2D eigenvalue weighted by Crippen LogP contribution is -2.34. The van der Waals surface area contributed by atoms with Gasteiger partial charge in [0.2, 0.25) is 0 Å². The molecule has 1 atom stereocenters. The van der Waals surface area contributed by atoms with Crippen LogP contribution >= 0.6 is 0 Å². The van der Waals surface area contributed by atoms with Gasteiger partial charge in [0.1, 0.15) is 0 Å². The summed E-state index contributed by atoms with van der Waals surface area (Å²) in [6, 6.07) is 8.36. The van der Waals surface area contributed by atoms with Crippen LogP contribution in [0.25, 0.3) is 0 Å². The van der Waals surface area contributed by atoms with Gasteiger partial charge < -0.3 is 14.9 Å². The molecule has 0 aliphatic rings. The predicted octanol–water partition coefficient (Wildman–Crippen LogP) is 3.15. The van der Waals surface area contributed by atoms with Crippen molar-refractivity contribution in [3.63, 3.8) is 0 Å². The zero-order valence-corrected chi connectivity index (χ0v) is 13.6. The maximum absolute atomic E-state index is 9.86. The first kappa shape index (κ1) is 17.0. The van der Waals surface area contributed by atoms with Crippen LogP contribution in [0.4, 0.5) is 5.69 Å². The normalized spacial score (nSPS) is 13.0. The van der Waals surface area contributed by atoms with E-state index in [9.17, 15) is 5.11 Å². The van der Waals surface area contributed by atoms with Crippen molar-refractivity contribution in [2.75, 3.05) is 38.6 Å². The van der Waals surface area contributed by atoms with Crippen molar-refractivity contribution in [1.29, 1.82) is 0 Å². The minimum Gasteiger partial charge on any atom is -0.388 e. The number of anilines is 1. The molecule has 0 aliphatic carbocycles. The Labute approximate surface area is 124 Å². The molecule has 0 aliphatic heterocycles. The van der Waals surface area contributed by atoms with Gasteiger partial charge >= 0.3 is 0 Å². The van der Waals surface area contributed by atoms with Gasteiger partial charge in [0.25, 0.3) is 0 Å². The minimum atomic E-state index is -0.343. The van der Waals surface area contributed by atoms with Crippen LogP contribution in [0.5, 0.6) is 0 Å². The average molecular weight is 278 g/mol. The van der Waals surface area contributed by atoms with E-state index in [-0.39, 0.29) is 6.10 Å². The third-order valence-electron chi connectivity index (χ3n) is 3.43. The van der Waals surface area contributed by atoms with E-state index < -0.39 is 0 Å². The number of rotatable bonds is 8. The van der Waals surface area contributed by atoms with Gasteiger partial charge in [0.05, 0.1) is 6.10 Å². The second-order valence-corrected chi connectivity index (χ2v) is 6.16. The third kappa shape index (κ3) is 5.51. The Kier molecular flexibility index (Phi) is 7.03. The van der Waals surface area contributed by atoms with E-state index in [0.29, 0.717) is 5.92 Å². The standard InChI is InChI=1S/C17H30N2O/c1-6-17(20)15-7-9-16(10-8-15)19(13-14(2)3)12-11-18(4)5/h7-10,14,17,20H,6,11-13H2,1-5H3/t17-/m1/s1. The highest BCUT2D eigenvalue weighted by Gasteiger charge is 2.10. The Balaban J connectivity index is 2.79. The number of hydrogen-bond donors (Lipinski definition) is 1. The highest BCUT2D eigenvalue weighted by Crippen LogP contribution is 2.21. The van der Waals surface area contributed by atoms with Crippen LogP contribution in [0, 0.1) is 5.92 Å². The second-order valence-electron chi connectivity index (χ2n) is 6.16. The number of nitrogens with zero attached hydrogens (tertiary/aromatic N) is 2. The van der Waals surface area contributed by atoms with Gasteiger partial charge in [-0.3, -0.25) is 0 Å². The molecule has 20 heavy (non-hydrogen) atoms. The Morgan fingerprint density at radius 2 is 1.65 bits per heavy atom. The zero-order valence-electron chi connectivity index (χ0n) is 13.6. The summed E-state index contributed by atoms with van der Waals surface area (Å²) in [6.45, 7) is 9.63. The maximum Gasteiger partial charge on any atom is 0.0787 e. The number of aliphatic hydroxyl groups excluding tert-OH is 1. The van der Waals surface area contributed by atoms with Crippen LogP contribution in [0.3, 0.4) is 0 Å². The molecule has 1 rings (SSSR count). The van der Waals surface area contributed by atoms with Gasteiger partial charge in [-0.2, -0.15) is 0 Å². The van der Waals surface area contributed by atoms with Crippen molar-refractivity contribution >= 4 is 5.69 Å². The molecular formula is C17H30N2O. The summed E-state index contributed by atoms with van der Waals surface area (Å²) in [5, 5.41) is 9.86. The first-order valence-corrected chi connectivity index (χ1v) is 7.61. The number of aliphatic hydroxyl groups is 1. The van der Waals surface area contributed by atoms with Crippen LogP contribution in [-0.2, 0) is 0 Å². The summed E-state index contributed by atoms with van der Waals surface area (Å²) in [5.41, 5.74) is 2.25. The van der Waals surface area contributed by atoms with Crippen LogP contribution in [-0.4, -0.2) is 43.7 Å². The summed E-state index contributed by atoms with van der Waals surface area (Å²) < 4.78 is 0. The SMILES string of the molecule is CC[C@@H](O)c1ccc(N(CCN(C)C)CC(C)C)cc1. The first-order chi connectivity index (χ1) is 9.43. The van der Waals surface area contributed by atoms with Gasteiger partial charge in [0, 0.05) is 25.3 Å². The fourth-order valence-electron chi connectivity index (χ4n) is 2.23. The molecule has 0 radical (unpaired) electrons. The molecular weight excluding hydrogens is 248 g/mol. The lowest BCUT2D eigenvalue weighted by Gasteiger charge is -2.28. The molecule has 114 valence electrons. The molecule has 0 fully saturated rings. The van der Waals surface area contributed by atoms with E-state index in [2.05, 4.69) is 49.9 Å². The summed E-state index contributed by atoms with van der Waals surface area (Å²) in [4.78, 5) is 4.63. The average Bonchev–Trinajstić information content (AvgIpc) is 2.42. The molecule has 3 nitrogen and oxygen atoms in total. The summed E-state index contributed by atoms with van der Waals surface area (Å²) in [6.07, 6.45) is 0.416. The van der Waals surface area contributed by atoms with Crippen LogP contribution in [0.15, 0.2) is 24.3 Å². The van der Waals surface area contributed by atoms with Crippen molar-refractivity contribution in [2.45, 2.75) is 33.3 Å². The zero-order chi connectivity index (χ0) is 15.1. The molecule has 0 unspecified atom stereocenters. The van der Waals surface area contributed by atoms with E-state index in [1.807, 2.05) is 19.1 Å². The van der Waals surface area contributed by atoms with Crippen molar-refractivity contribution < 1.29 is 5.11 Å². The van der Waals surface area contributed by atoms with Gasteiger partial charge in [-0.05, 0) is 44.1 Å². The molecule has 1 aromatic rings. The topological polar surface area (TPSA) is 26.7 Å². The summed E-state index contributed by atoms with van der Waals surface area (Å²) in [5.74, 6) is 0.637. The Morgan fingerprint density at radius 3 is 2.10 bits per heavy atom. The number of benzene rings is 1. The molecule has 3 heteroatoms. The second kappa shape index (κ2) is 8.28. The molecule has 1 aromatic carbocycles. The molecule has 0 amide bonds. The molecule has 1 N–H and O–H groups in total. The van der Waals surface area contributed by atoms with E-state index in [0.717, 1.165) is 31.6 Å². The number of likely N-dealkylation sites (N-methyl/N-ethyl adjacent to an activating group) is 1. The van der Waals surface area contributed by atoms with Crippen LogP contribution < -0.4 is 4.90 Å². The Bertz CT molecular complexity index is 373. The molecule has 0 aromatic heterocycles. The largest absolute Gasteiger partial charge is 0.388 e. The van der Waals surface area contributed by atoms with Crippen molar-refractivity contribution in [3.05, 3.63) is 29.8 Å². The van der Waals surface area contributed by atoms with Gasteiger partial charge in [-0.1, -0.05) is 32.9 Å². The van der Waals surface area contributed by atoms with Gasteiger partial charge in [0.15, 0.2) is 0 Å². The van der Waals surface area contributed by atoms with Crippen LogP contribution in [0.1, 0.15) is 38.9 Å². The highest BCUT2D eigenvalue weighted by atomic mass is 16.3. The first-order valence-electron chi connectivity index (χ1n) is 7.61. The van der Waals surface area contributed by atoms with E-state index >= 15 is 0 Å². The van der Waals surface area contributed by atoms with Crippen molar-refractivity contribution in [3.8, 4) is 0 Å². The maximum atomic E-state index is 9.86. The minimum absolute atomic E-state index is 0.343. The smallest absolute Gasteiger partial charge is 0.0787 e. The molecule has 0 saturated carbocycles. The van der Waals surface area contributed by atoms with Gasteiger partial charge in [-0.15, -0.1) is 0 Å². The Hall–Kier alpha value is -1.06. The quantitative estimate of drug-likeness (QED) is 0.791. The summed E-state index contributed by atoms with van der Waals surface area (Å²) >= 11 is 0. The third-order valence-corrected chi connectivity index (χ3v) is 3.43. The highest BCUT2D eigenvalue weighted by molar-refractivity contribution is 5.48. The van der Waals surface area contributed by atoms with Crippen molar-refractivity contribution in [1.82, 2.24) is 4.90 Å². The lowest BCUT2D eigenvalue weighted by atomic mass is 10.1. The van der Waals surface area contributed by atoms with E-state index in [1.165, 1.54) is 5.69 Å². The molecule has 0 bridgehead atoms. The molecule has 0 heterocycles. The number of hydrogen-bond acceptors (Lipinski definition) is 3. The fraction of sp³-hybridized carbons (Fsp3) is 0.647.